The summed E-state index contributed by atoms with van der Waals surface area (Å²) in [6.45, 7) is 12.7. The van der Waals surface area contributed by atoms with Crippen LogP contribution in [0.15, 0.2) is 18.2 Å². The largest absolute Gasteiger partial charge is 0.467 e. The summed E-state index contributed by atoms with van der Waals surface area (Å²) in [5.74, 6) is 0.291. The molecule has 1 atom stereocenters. The molecule has 0 radical (unpaired) electrons. The molecule has 0 saturated heterocycles. The lowest BCUT2D eigenvalue weighted by molar-refractivity contribution is -0.146. The van der Waals surface area contributed by atoms with Crippen LogP contribution in [0.3, 0.4) is 0 Å². The topological polar surface area (TPSA) is 29.5 Å². The number of para-hydroxylation sites is 1. The monoisotopic (exact) mass is 289 g/mol. The Morgan fingerprint density at radius 2 is 2.00 bits per heavy atom. The van der Waals surface area contributed by atoms with Gasteiger partial charge in [-0.2, -0.15) is 0 Å². The van der Waals surface area contributed by atoms with E-state index in [0.29, 0.717) is 5.92 Å². The maximum Gasteiger partial charge on any atom is 0.331 e. The van der Waals surface area contributed by atoms with E-state index >= 15 is 0 Å². The van der Waals surface area contributed by atoms with E-state index in [1.807, 2.05) is 13.8 Å². The van der Waals surface area contributed by atoms with Crippen LogP contribution in [0.5, 0.6) is 0 Å². The summed E-state index contributed by atoms with van der Waals surface area (Å²) in [7, 11) is 1.46. The fourth-order valence-corrected chi connectivity index (χ4v) is 4.02. The van der Waals surface area contributed by atoms with Crippen LogP contribution >= 0.6 is 0 Å². The van der Waals surface area contributed by atoms with Crippen molar-refractivity contribution >= 4 is 11.7 Å². The molecule has 0 unspecified atom stereocenters. The number of ether oxygens (including phenoxy) is 1. The van der Waals surface area contributed by atoms with Gasteiger partial charge in [0.15, 0.2) is 0 Å². The molecule has 0 aromatic heterocycles. The third kappa shape index (κ3) is 2.43. The first-order chi connectivity index (χ1) is 9.63. The maximum atomic E-state index is 12.4. The molecule has 3 nitrogen and oxygen atoms in total. The molecule has 1 aromatic carbocycles. The summed E-state index contributed by atoms with van der Waals surface area (Å²) in [5, 5.41) is 0. The number of fused-ring (bicyclic) bond motifs is 1. The number of hydrogen-bond donors (Lipinski definition) is 0. The van der Waals surface area contributed by atoms with E-state index in [2.05, 4.69) is 50.8 Å². The van der Waals surface area contributed by atoms with Crippen molar-refractivity contribution in [3.63, 3.8) is 0 Å². The molecule has 1 heterocycles. The Bertz CT molecular complexity index is 560. The van der Waals surface area contributed by atoms with Gasteiger partial charge in [0.25, 0.3) is 0 Å². The van der Waals surface area contributed by atoms with Gasteiger partial charge in [-0.15, -0.1) is 0 Å². The number of esters is 1. The molecule has 2 rings (SSSR count). The molecule has 0 aliphatic carbocycles. The number of anilines is 1. The van der Waals surface area contributed by atoms with Crippen LogP contribution in [0, 0.1) is 6.92 Å². The molecule has 0 amide bonds. The van der Waals surface area contributed by atoms with Crippen molar-refractivity contribution in [1.82, 2.24) is 0 Å². The molecule has 21 heavy (non-hydrogen) atoms. The molecule has 0 N–H and O–H groups in total. The quantitative estimate of drug-likeness (QED) is 0.770. The van der Waals surface area contributed by atoms with E-state index in [0.717, 1.165) is 6.42 Å². The van der Waals surface area contributed by atoms with Gasteiger partial charge in [0.2, 0.25) is 0 Å². The summed E-state index contributed by atoms with van der Waals surface area (Å²) >= 11 is 0. The number of hydrogen-bond acceptors (Lipinski definition) is 3. The second kappa shape index (κ2) is 5.04. The zero-order valence-corrected chi connectivity index (χ0v) is 14.3. The van der Waals surface area contributed by atoms with Crippen molar-refractivity contribution in [2.45, 2.75) is 65.0 Å². The molecule has 3 heteroatoms. The average Bonchev–Trinajstić information content (AvgIpc) is 2.37. The number of carbonyl (C=O) groups is 1. The highest BCUT2D eigenvalue weighted by atomic mass is 16.5. The third-order valence-corrected chi connectivity index (χ3v) is 4.68. The van der Waals surface area contributed by atoms with E-state index in [1.165, 1.54) is 23.9 Å². The molecular formula is C18H27NO2. The normalized spacial score (nSPS) is 20.9. The predicted molar refractivity (Wildman–Crippen MR) is 86.9 cm³/mol. The fraction of sp³-hybridized carbons (Fsp3) is 0.611. The summed E-state index contributed by atoms with van der Waals surface area (Å²) in [6.07, 6.45) is 1.02. The van der Waals surface area contributed by atoms with Gasteiger partial charge in [-0.1, -0.05) is 25.1 Å². The standard InChI is InChI=1S/C18H27NO2/c1-12-9-8-10-14-13(2)11-17(3,4)19(15(12)14)18(5,6)16(20)21-7/h8-10,13H,11H2,1-7H3/t13-/m1/s1. The first-order valence-electron chi connectivity index (χ1n) is 7.61. The van der Waals surface area contributed by atoms with Gasteiger partial charge in [0.05, 0.1) is 7.11 Å². The van der Waals surface area contributed by atoms with Crippen LogP contribution in [-0.4, -0.2) is 24.2 Å². The van der Waals surface area contributed by atoms with Gasteiger partial charge in [-0.3, -0.25) is 0 Å². The van der Waals surface area contributed by atoms with Gasteiger partial charge in [-0.05, 0) is 58.1 Å². The third-order valence-electron chi connectivity index (χ3n) is 4.68. The summed E-state index contributed by atoms with van der Waals surface area (Å²) < 4.78 is 5.06. The zero-order chi connectivity index (χ0) is 16.0. The Labute approximate surface area is 128 Å². The smallest absolute Gasteiger partial charge is 0.331 e. The van der Waals surface area contributed by atoms with Gasteiger partial charge >= 0.3 is 5.97 Å². The highest BCUT2D eigenvalue weighted by Crippen LogP contribution is 2.48. The Morgan fingerprint density at radius 1 is 1.38 bits per heavy atom. The highest BCUT2D eigenvalue weighted by Gasteiger charge is 2.48. The van der Waals surface area contributed by atoms with Crippen LogP contribution in [0.4, 0.5) is 5.69 Å². The van der Waals surface area contributed by atoms with Crippen LogP contribution in [0.25, 0.3) is 0 Å². The number of carbonyl (C=O) groups excluding carboxylic acids is 1. The lowest BCUT2D eigenvalue weighted by atomic mass is 9.76. The number of benzene rings is 1. The van der Waals surface area contributed by atoms with E-state index < -0.39 is 5.54 Å². The average molecular weight is 289 g/mol. The number of rotatable bonds is 2. The summed E-state index contributed by atoms with van der Waals surface area (Å²) in [4.78, 5) is 14.6. The Kier molecular flexibility index (Phi) is 3.81. The summed E-state index contributed by atoms with van der Waals surface area (Å²) in [6, 6.07) is 6.40. The molecule has 0 bridgehead atoms. The van der Waals surface area contributed by atoms with Crippen LogP contribution < -0.4 is 4.90 Å². The first-order valence-corrected chi connectivity index (χ1v) is 7.61. The molecule has 1 aromatic rings. The maximum absolute atomic E-state index is 12.4. The van der Waals surface area contributed by atoms with Crippen molar-refractivity contribution in [2.75, 3.05) is 12.0 Å². The SMILES string of the molecule is COC(=O)C(C)(C)N1c2c(C)cccc2[C@H](C)CC1(C)C. The summed E-state index contributed by atoms with van der Waals surface area (Å²) in [5.41, 5.74) is 2.93. The van der Waals surface area contributed by atoms with Crippen molar-refractivity contribution in [3.8, 4) is 0 Å². The first kappa shape index (κ1) is 15.9. The second-order valence-electron chi connectivity index (χ2n) is 7.32. The highest BCUT2D eigenvalue weighted by molar-refractivity contribution is 5.86. The molecule has 0 fully saturated rings. The molecular weight excluding hydrogens is 262 g/mol. The lowest BCUT2D eigenvalue weighted by Gasteiger charge is -2.54. The second-order valence-corrected chi connectivity index (χ2v) is 7.32. The van der Waals surface area contributed by atoms with Crippen LogP contribution in [0.2, 0.25) is 0 Å². The molecule has 116 valence electrons. The fourth-order valence-electron chi connectivity index (χ4n) is 4.02. The lowest BCUT2D eigenvalue weighted by Crippen LogP contribution is -2.62. The predicted octanol–water partition coefficient (Wildman–Crippen LogP) is 4.04. The molecule has 1 aliphatic rings. The van der Waals surface area contributed by atoms with Crippen molar-refractivity contribution in [3.05, 3.63) is 29.3 Å². The number of nitrogens with zero attached hydrogens (tertiary/aromatic N) is 1. The molecule has 0 spiro atoms. The number of aryl methyl sites for hydroxylation is 1. The van der Waals surface area contributed by atoms with Gasteiger partial charge < -0.3 is 9.64 Å². The van der Waals surface area contributed by atoms with Crippen molar-refractivity contribution in [1.29, 1.82) is 0 Å². The van der Waals surface area contributed by atoms with E-state index in [4.69, 9.17) is 4.74 Å². The van der Waals surface area contributed by atoms with E-state index in [-0.39, 0.29) is 11.5 Å². The van der Waals surface area contributed by atoms with Gasteiger partial charge in [0, 0.05) is 11.2 Å². The minimum absolute atomic E-state index is 0.101. The minimum Gasteiger partial charge on any atom is -0.467 e. The van der Waals surface area contributed by atoms with E-state index in [1.54, 1.807) is 0 Å². The minimum atomic E-state index is -0.695. The Balaban J connectivity index is 2.69. The van der Waals surface area contributed by atoms with Crippen LogP contribution in [0.1, 0.15) is 58.1 Å². The zero-order valence-electron chi connectivity index (χ0n) is 14.3. The van der Waals surface area contributed by atoms with Crippen molar-refractivity contribution in [2.24, 2.45) is 0 Å². The van der Waals surface area contributed by atoms with Crippen LogP contribution in [-0.2, 0) is 9.53 Å². The van der Waals surface area contributed by atoms with Gasteiger partial charge in [0.1, 0.15) is 5.54 Å². The molecule has 0 saturated carbocycles. The Morgan fingerprint density at radius 3 is 2.57 bits per heavy atom. The van der Waals surface area contributed by atoms with E-state index in [9.17, 15) is 4.79 Å². The molecule has 1 aliphatic heterocycles. The van der Waals surface area contributed by atoms with Gasteiger partial charge in [-0.25, -0.2) is 4.79 Å². The Hall–Kier alpha value is -1.51. The van der Waals surface area contributed by atoms with Crippen molar-refractivity contribution < 1.29 is 9.53 Å². The number of methoxy groups -OCH3 is 1.